The second kappa shape index (κ2) is 15.2. The number of methoxy groups -OCH3 is 1. The maximum absolute atomic E-state index is 12.6. The first-order valence-electron chi connectivity index (χ1n) is 16.1. The molecule has 0 bridgehead atoms. The van der Waals surface area contributed by atoms with Gasteiger partial charge in [-0.15, -0.1) is 0 Å². The van der Waals surface area contributed by atoms with Gasteiger partial charge in [0.15, 0.2) is 5.69 Å². The Labute approximate surface area is 284 Å². The van der Waals surface area contributed by atoms with Crippen LogP contribution in [0, 0.1) is 17.2 Å². The van der Waals surface area contributed by atoms with E-state index < -0.39 is 6.09 Å². The van der Waals surface area contributed by atoms with Crippen LogP contribution < -0.4 is 14.8 Å². The molecule has 10 heteroatoms. The molecule has 0 saturated heterocycles. The molecule has 49 heavy (non-hydrogen) atoms. The molecule has 10 nitrogen and oxygen atoms in total. The highest BCUT2D eigenvalue weighted by Gasteiger charge is 2.19. The molecule has 6 rings (SSSR count). The van der Waals surface area contributed by atoms with Crippen LogP contribution in [0.15, 0.2) is 108 Å². The van der Waals surface area contributed by atoms with Gasteiger partial charge in [-0.1, -0.05) is 62.4 Å². The van der Waals surface area contributed by atoms with Crippen LogP contribution in [0.3, 0.4) is 0 Å². The Morgan fingerprint density at radius 2 is 1.78 bits per heavy atom. The van der Waals surface area contributed by atoms with Gasteiger partial charge < -0.3 is 23.9 Å². The standard InChI is InChI=1S/C39H37N5O5/c1-26(2)23-49-39(45)42-31(17-27-7-5-4-6-8-27)25-48-33-19-34(38(41-21-33)30-15-16-47-24-30)29-11-14-37-35(18-29)36(20-40)43-44(37)22-28-9-12-32(46-3)13-10-28/h4-16,18-19,21,24,26,31H,17,22-23,25H2,1-3H3,(H,42,45)/t31-/m0/s1. The van der Waals surface area contributed by atoms with Crippen molar-refractivity contribution in [3.8, 4) is 40.0 Å². The summed E-state index contributed by atoms with van der Waals surface area (Å²) in [5, 5.41) is 18.3. The molecule has 0 aliphatic heterocycles. The molecular formula is C39H37N5O5. The first-order chi connectivity index (χ1) is 23.9. The highest BCUT2D eigenvalue weighted by atomic mass is 16.5. The minimum absolute atomic E-state index is 0.188. The van der Waals surface area contributed by atoms with Gasteiger partial charge in [-0.2, -0.15) is 10.4 Å². The van der Waals surface area contributed by atoms with Crippen molar-refractivity contribution in [1.82, 2.24) is 20.1 Å². The van der Waals surface area contributed by atoms with Crippen molar-refractivity contribution < 1.29 is 23.4 Å². The maximum atomic E-state index is 12.6. The topological polar surface area (TPSA) is 124 Å². The number of benzene rings is 3. The van der Waals surface area contributed by atoms with Crippen LogP contribution in [0.5, 0.6) is 11.5 Å². The van der Waals surface area contributed by atoms with Gasteiger partial charge in [0.05, 0.1) is 56.2 Å². The van der Waals surface area contributed by atoms with Crippen LogP contribution in [0.2, 0.25) is 0 Å². The Bertz CT molecular complexity index is 2050. The molecule has 1 atom stereocenters. The zero-order chi connectivity index (χ0) is 34.2. The van der Waals surface area contributed by atoms with E-state index in [1.54, 1.807) is 25.8 Å². The molecular weight excluding hydrogens is 618 g/mol. The van der Waals surface area contributed by atoms with E-state index in [0.29, 0.717) is 36.7 Å². The number of nitrogens with zero attached hydrogens (tertiary/aromatic N) is 4. The molecule has 3 aromatic heterocycles. The van der Waals surface area contributed by atoms with Crippen LogP contribution in [0.1, 0.15) is 30.7 Å². The van der Waals surface area contributed by atoms with Crippen molar-refractivity contribution in [2.24, 2.45) is 5.92 Å². The summed E-state index contributed by atoms with van der Waals surface area (Å²) in [5.74, 6) is 1.52. The molecule has 3 aromatic carbocycles. The summed E-state index contributed by atoms with van der Waals surface area (Å²) in [6.07, 6.45) is 4.97. The Hall–Kier alpha value is -6.08. The van der Waals surface area contributed by atoms with Gasteiger partial charge in [-0.05, 0) is 65.4 Å². The summed E-state index contributed by atoms with van der Waals surface area (Å²) < 4.78 is 24.2. The summed E-state index contributed by atoms with van der Waals surface area (Å²) in [6.45, 7) is 4.99. The summed E-state index contributed by atoms with van der Waals surface area (Å²) in [7, 11) is 1.63. The average Bonchev–Trinajstić information content (AvgIpc) is 3.79. The second-order valence-electron chi connectivity index (χ2n) is 12.1. The van der Waals surface area contributed by atoms with Crippen LogP contribution in [0.25, 0.3) is 33.3 Å². The quantitative estimate of drug-likeness (QED) is 0.135. The molecule has 0 saturated carbocycles. The van der Waals surface area contributed by atoms with Crippen molar-refractivity contribution in [2.75, 3.05) is 20.3 Å². The molecule has 248 valence electrons. The predicted molar refractivity (Wildman–Crippen MR) is 186 cm³/mol. The van der Waals surface area contributed by atoms with Crippen molar-refractivity contribution in [1.29, 1.82) is 5.26 Å². The van der Waals surface area contributed by atoms with Crippen LogP contribution >= 0.6 is 0 Å². The number of hydrogen-bond donors (Lipinski definition) is 1. The summed E-state index contributed by atoms with van der Waals surface area (Å²) in [4.78, 5) is 17.4. The molecule has 0 spiro atoms. The number of fused-ring (bicyclic) bond motifs is 1. The Kier molecular flexibility index (Phi) is 10.2. The summed E-state index contributed by atoms with van der Waals surface area (Å²) in [6, 6.07) is 29.3. The molecule has 0 aliphatic rings. The molecule has 0 aliphatic carbocycles. The van der Waals surface area contributed by atoms with E-state index in [4.69, 9.17) is 23.6 Å². The molecule has 6 aromatic rings. The molecule has 3 heterocycles. The number of ether oxygens (including phenoxy) is 3. The van der Waals surface area contributed by atoms with Gasteiger partial charge in [-0.3, -0.25) is 9.67 Å². The van der Waals surface area contributed by atoms with E-state index in [9.17, 15) is 10.1 Å². The van der Waals surface area contributed by atoms with Gasteiger partial charge in [0, 0.05) is 16.5 Å². The Balaban J connectivity index is 1.29. The SMILES string of the molecule is COc1ccc(Cn2nc(C#N)c3cc(-c4cc(OC[C@H](Cc5ccccc5)NC(=O)OCC(C)C)cnc4-c4ccoc4)ccc32)cc1. The van der Waals surface area contributed by atoms with E-state index in [2.05, 4.69) is 16.5 Å². The zero-order valence-electron chi connectivity index (χ0n) is 27.6. The number of nitriles is 1. The van der Waals surface area contributed by atoms with Gasteiger partial charge in [0.2, 0.25) is 0 Å². The maximum Gasteiger partial charge on any atom is 0.407 e. The number of pyridine rings is 1. The van der Waals surface area contributed by atoms with E-state index in [1.165, 1.54) is 0 Å². The van der Waals surface area contributed by atoms with Crippen molar-refractivity contribution >= 4 is 17.0 Å². The highest BCUT2D eigenvalue weighted by Crippen LogP contribution is 2.35. The third-order valence-electron chi connectivity index (χ3n) is 7.96. The lowest BCUT2D eigenvalue weighted by Gasteiger charge is -2.20. The second-order valence-corrected chi connectivity index (χ2v) is 12.1. The van der Waals surface area contributed by atoms with E-state index in [0.717, 1.165) is 44.5 Å². The molecule has 0 fully saturated rings. The number of alkyl carbamates (subject to hydrolysis) is 1. The lowest BCUT2D eigenvalue weighted by atomic mass is 9.99. The number of amides is 1. The Morgan fingerprint density at radius 1 is 0.959 bits per heavy atom. The lowest BCUT2D eigenvalue weighted by Crippen LogP contribution is -2.41. The van der Waals surface area contributed by atoms with E-state index in [-0.39, 0.29) is 18.6 Å². The fourth-order valence-corrected chi connectivity index (χ4v) is 5.53. The van der Waals surface area contributed by atoms with Gasteiger partial charge >= 0.3 is 6.09 Å². The zero-order valence-corrected chi connectivity index (χ0v) is 27.6. The summed E-state index contributed by atoms with van der Waals surface area (Å²) in [5.41, 5.74) is 6.37. The van der Waals surface area contributed by atoms with Crippen LogP contribution in [0.4, 0.5) is 4.79 Å². The van der Waals surface area contributed by atoms with Crippen molar-refractivity contribution in [3.63, 3.8) is 0 Å². The Morgan fingerprint density at radius 3 is 2.49 bits per heavy atom. The molecule has 1 N–H and O–H groups in total. The first kappa shape index (κ1) is 32.8. The first-order valence-corrected chi connectivity index (χ1v) is 16.1. The minimum atomic E-state index is -0.485. The number of carbonyl (C=O) groups excluding carboxylic acids is 1. The third-order valence-corrected chi connectivity index (χ3v) is 7.96. The molecule has 0 radical (unpaired) electrons. The number of furan rings is 1. The number of rotatable bonds is 13. The normalized spacial score (nSPS) is 11.7. The minimum Gasteiger partial charge on any atom is -0.497 e. The average molecular weight is 656 g/mol. The number of aromatic nitrogens is 3. The van der Waals surface area contributed by atoms with Gasteiger partial charge in [0.1, 0.15) is 24.2 Å². The monoisotopic (exact) mass is 655 g/mol. The highest BCUT2D eigenvalue weighted by molar-refractivity contribution is 5.91. The largest absolute Gasteiger partial charge is 0.497 e. The fraction of sp³-hybridized carbons (Fsp3) is 0.231. The van der Waals surface area contributed by atoms with Gasteiger partial charge in [0.25, 0.3) is 0 Å². The van der Waals surface area contributed by atoms with Crippen LogP contribution in [-0.2, 0) is 17.7 Å². The lowest BCUT2D eigenvalue weighted by molar-refractivity contribution is 0.125. The number of carbonyl (C=O) groups is 1. The number of hydrogen-bond acceptors (Lipinski definition) is 8. The van der Waals surface area contributed by atoms with Gasteiger partial charge in [-0.25, -0.2) is 4.79 Å². The number of nitrogens with one attached hydrogen (secondary N) is 1. The van der Waals surface area contributed by atoms with E-state index in [1.807, 2.05) is 103 Å². The van der Waals surface area contributed by atoms with Crippen LogP contribution in [-0.4, -0.2) is 47.2 Å². The third kappa shape index (κ3) is 8.08. The predicted octanol–water partition coefficient (Wildman–Crippen LogP) is 7.66. The fourth-order valence-electron chi connectivity index (χ4n) is 5.53. The smallest absolute Gasteiger partial charge is 0.407 e. The van der Waals surface area contributed by atoms with Crippen molar-refractivity contribution in [2.45, 2.75) is 32.9 Å². The summed E-state index contributed by atoms with van der Waals surface area (Å²) >= 11 is 0. The van der Waals surface area contributed by atoms with Crippen molar-refractivity contribution in [3.05, 3.63) is 120 Å². The molecule has 1 amide bonds. The van der Waals surface area contributed by atoms with E-state index >= 15 is 0 Å². The molecule has 0 unspecified atom stereocenters.